The molecule has 3 rings (SSSR count). The van der Waals surface area contributed by atoms with Crippen LogP contribution in [0.25, 0.3) is 6.08 Å². The molecule has 1 aromatic heterocycles. The van der Waals surface area contributed by atoms with Crippen molar-refractivity contribution in [1.82, 2.24) is 9.78 Å². The van der Waals surface area contributed by atoms with Crippen LogP contribution in [0.15, 0.2) is 55.1 Å². The third-order valence-electron chi connectivity index (χ3n) is 3.53. The number of phenolic OH excluding ortho intramolecular Hbond substituents is 1. The molecule has 0 atom stereocenters. The molecule has 0 amide bonds. The zero-order valence-electron chi connectivity index (χ0n) is 13.6. The number of hydrogen-bond donors (Lipinski definition) is 1. The summed E-state index contributed by atoms with van der Waals surface area (Å²) in [5.41, 5.74) is 1.75. The molecule has 122 valence electrons. The maximum absolute atomic E-state index is 9.28. The van der Waals surface area contributed by atoms with Crippen LogP contribution < -0.4 is 9.47 Å². The van der Waals surface area contributed by atoms with Gasteiger partial charge in [-0.3, -0.25) is 0 Å². The Kier molecular flexibility index (Phi) is 4.24. The van der Waals surface area contributed by atoms with Gasteiger partial charge in [-0.05, 0) is 55.5 Å². The van der Waals surface area contributed by atoms with E-state index in [2.05, 4.69) is 11.7 Å². The Morgan fingerprint density at radius 3 is 2.00 bits per heavy atom. The zero-order valence-corrected chi connectivity index (χ0v) is 13.6. The summed E-state index contributed by atoms with van der Waals surface area (Å²) in [5.74, 6) is 2.86. The van der Waals surface area contributed by atoms with Gasteiger partial charge in [-0.2, -0.15) is 5.10 Å². The summed E-state index contributed by atoms with van der Waals surface area (Å²) >= 11 is 0. The third kappa shape index (κ3) is 3.25. The van der Waals surface area contributed by atoms with Gasteiger partial charge in [0.1, 0.15) is 23.0 Å². The van der Waals surface area contributed by atoms with Crippen LogP contribution in [0.1, 0.15) is 11.3 Å². The molecule has 0 aliphatic rings. The van der Waals surface area contributed by atoms with Crippen LogP contribution in [0.4, 0.5) is 0 Å². The van der Waals surface area contributed by atoms with Crippen molar-refractivity contribution in [3.05, 3.63) is 66.4 Å². The Hall–Kier alpha value is -3.21. The fraction of sp³-hybridized carbons (Fsp3) is 0.105. The van der Waals surface area contributed by atoms with E-state index < -0.39 is 0 Å². The standard InChI is InChI=1S/C19H18N2O3/c1-4-18-13(2)20-21(3)19(18)24-17-11-9-16(10-12-17)23-15-7-5-14(22)6-8-15/h4-12,22H,1H2,2-3H3. The summed E-state index contributed by atoms with van der Waals surface area (Å²) in [6, 6.07) is 13.8. The van der Waals surface area contributed by atoms with E-state index >= 15 is 0 Å². The first-order chi connectivity index (χ1) is 11.6. The number of ether oxygens (including phenoxy) is 2. The Bertz CT molecular complexity index is 850. The van der Waals surface area contributed by atoms with E-state index in [1.807, 2.05) is 38.2 Å². The van der Waals surface area contributed by atoms with Gasteiger partial charge in [0.25, 0.3) is 0 Å². The lowest BCUT2D eigenvalue weighted by molar-refractivity contribution is 0.427. The first-order valence-corrected chi connectivity index (χ1v) is 7.47. The Balaban J connectivity index is 1.75. The van der Waals surface area contributed by atoms with Crippen molar-refractivity contribution < 1.29 is 14.6 Å². The lowest BCUT2D eigenvalue weighted by Crippen LogP contribution is -1.96. The van der Waals surface area contributed by atoms with Crippen LogP contribution in [0.5, 0.6) is 28.9 Å². The van der Waals surface area contributed by atoms with Gasteiger partial charge in [0.05, 0.1) is 11.3 Å². The van der Waals surface area contributed by atoms with Crippen molar-refractivity contribution in [1.29, 1.82) is 0 Å². The SMILES string of the molecule is C=Cc1c(C)nn(C)c1Oc1ccc(Oc2ccc(O)cc2)cc1. The minimum absolute atomic E-state index is 0.204. The number of benzene rings is 2. The molecule has 24 heavy (non-hydrogen) atoms. The van der Waals surface area contributed by atoms with Crippen LogP contribution in [0, 0.1) is 6.92 Å². The summed E-state index contributed by atoms with van der Waals surface area (Å²) in [6.45, 7) is 5.72. The average Bonchev–Trinajstić information content (AvgIpc) is 2.84. The van der Waals surface area contributed by atoms with Crippen molar-refractivity contribution in [2.75, 3.05) is 0 Å². The molecular formula is C19H18N2O3. The molecule has 1 heterocycles. The predicted octanol–water partition coefficient (Wildman–Crippen LogP) is 4.66. The second-order valence-corrected chi connectivity index (χ2v) is 5.30. The van der Waals surface area contributed by atoms with Crippen molar-refractivity contribution >= 4 is 6.08 Å². The highest BCUT2D eigenvalue weighted by Crippen LogP contribution is 2.30. The Morgan fingerprint density at radius 2 is 1.46 bits per heavy atom. The Morgan fingerprint density at radius 1 is 0.958 bits per heavy atom. The van der Waals surface area contributed by atoms with Crippen LogP contribution >= 0.6 is 0 Å². The van der Waals surface area contributed by atoms with Crippen molar-refractivity contribution in [3.8, 4) is 28.9 Å². The highest BCUT2D eigenvalue weighted by atomic mass is 16.5. The number of aryl methyl sites for hydroxylation is 2. The first-order valence-electron chi connectivity index (χ1n) is 7.47. The molecule has 0 aliphatic heterocycles. The number of aromatic hydroxyl groups is 1. The number of aromatic nitrogens is 2. The number of rotatable bonds is 5. The largest absolute Gasteiger partial charge is 0.508 e. The van der Waals surface area contributed by atoms with Gasteiger partial charge in [0.2, 0.25) is 5.88 Å². The lowest BCUT2D eigenvalue weighted by atomic mass is 10.2. The molecule has 5 nitrogen and oxygen atoms in total. The summed E-state index contributed by atoms with van der Waals surface area (Å²) < 4.78 is 13.3. The third-order valence-corrected chi connectivity index (χ3v) is 3.53. The average molecular weight is 322 g/mol. The lowest BCUT2D eigenvalue weighted by Gasteiger charge is -2.09. The topological polar surface area (TPSA) is 56.5 Å². The summed E-state index contributed by atoms with van der Waals surface area (Å²) in [5, 5.41) is 13.6. The number of nitrogens with zero attached hydrogens (tertiary/aromatic N) is 2. The molecule has 0 aliphatic carbocycles. The van der Waals surface area contributed by atoms with Crippen molar-refractivity contribution in [2.45, 2.75) is 6.92 Å². The second-order valence-electron chi connectivity index (χ2n) is 5.30. The molecule has 0 bridgehead atoms. The fourth-order valence-corrected chi connectivity index (χ4v) is 2.35. The summed E-state index contributed by atoms with van der Waals surface area (Å²) in [6.07, 6.45) is 1.74. The van der Waals surface area contributed by atoms with Gasteiger partial charge in [0.15, 0.2) is 0 Å². The number of hydrogen-bond acceptors (Lipinski definition) is 4. The molecule has 5 heteroatoms. The maximum atomic E-state index is 9.28. The van der Waals surface area contributed by atoms with Gasteiger partial charge >= 0.3 is 0 Å². The molecule has 3 aromatic rings. The molecule has 0 spiro atoms. The maximum Gasteiger partial charge on any atom is 0.225 e. The highest BCUT2D eigenvalue weighted by molar-refractivity contribution is 5.56. The highest BCUT2D eigenvalue weighted by Gasteiger charge is 2.12. The van der Waals surface area contributed by atoms with Crippen molar-refractivity contribution in [2.24, 2.45) is 7.05 Å². The van der Waals surface area contributed by atoms with Crippen molar-refractivity contribution in [3.63, 3.8) is 0 Å². The molecule has 0 fully saturated rings. The van der Waals surface area contributed by atoms with Gasteiger partial charge in [-0.1, -0.05) is 12.7 Å². The fourth-order valence-electron chi connectivity index (χ4n) is 2.35. The summed E-state index contributed by atoms with van der Waals surface area (Å²) in [4.78, 5) is 0. The van der Waals surface area contributed by atoms with Gasteiger partial charge in [-0.25, -0.2) is 4.68 Å². The van der Waals surface area contributed by atoms with Crippen LogP contribution in [0.3, 0.4) is 0 Å². The van der Waals surface area contributed by atoms with Crippen LogP contribution in [-0.4, -0.2) is 14.9 Å². The van der Waals surface area contributed by atoms with Gasteiger partial charge in [0, 0.05) is 7.05 Å². The van der Waals surface area contributed by atoms with E-state index in [9.17, 15) is 5.11 Å². The first kappa shape index (κ1) is 15.7. The Labute approximate surface area is 140 Å². The number of phenols is 1. The summed E-state index contributed by atoms with van der Waals surface area (Å²) in [7, 11) is 1.83. The van der Waals surface area contributed by atoms with E-state index in [4.69, 9.17) is 9.47 Å². The molecule has 0 radical (unpaired) electrons. The molecule has 1 N–H and O–H groups in total. The van der Waals surface area contributed by atoms with Gasteiger partial charge < -0.3 is 14.6 Å². The van der Waals surface area contributed by atoms with E-state index in [0.29, 0.717) is 23.1 Å². The van der Waals surface area contributed by atoms with E-state index in [1.54, 1.807) is 35.0 Å². The molecule has 2 aromatic carbocycles. The van der Waals surface area contributed by atoms with Crippen LogP contribution in [-0.2, 0) is 7.05 Å². The predicted molar refractivity (Wildman–Crippen MR) is 92.7 cm³/mol. The second kappa shape index (κ2) is 6.50. The van der Waals surface area contributed by atoms with Gasteiger partial charge in [-0.15, -0.1) is 0 Å². The molecule has 0 saturated heterocycles. The normalized spacial score (nSPS) is 10.4. The van der Waals surface area contributed by atoms with E-state index in [0.717, 1.165) is 11.3 Å². The molecule has 0 saturated carbocycles. The van der Waals surface area contributed by atoms with E-state index in [1.165, 1.54) is 0 Å². The minimum atomic E-state index is 0.204. The minimum Gasteiger partial charge on any atom is -0.508 e. The van der Waals surface area contributed by atoms with Crippen LogP contribution in [0.2, 0.25) is 0 Å². The smallest absolute Gasteiger partial charge is 0.225 e. The molecular weight excluding hydrogens is 304 g/mol. The monoisotopic (exact) mass is 322 g/mol. The molecule has 0 unspecified atom stereocenters. The zero-order chi connectivity index (χ0) is 17.1. The quantitative estimate of drug-likeness (QED) is 0.742. The van der Waals surface area contributed by atoms with E-state index in [-0.39, 0.29) is 5.75 Å².